The molecule has 0 unspecified atom stereocenters. The Kier molecular flexibility index (Phi) is 3.05. The van der Waals surface area contributed by atoms with Crippen LogP contribution in [0.1, 0.15) is 5.56 Å². The average Bonchev–Trinajstić information content (AvgIpc) is 2.89. The lowest BCUT2D eigenvalue weighted by Crippen LogP contribution is -1.81. The zero-order chi connectivity index (χ0) is 13.2. The molecule has 2 nitrogen and oxygen atoms in total. The van der Waals surface area contributed by atoms with E-state index >= 15 is 0 Å². The molecule has 3 heteroatoms. The van der Waals surface area contributed by atoms with Crippen molar-refractivity contribution in [2.24, 2.45) is 0 Å². The lowest BCUT2D eigenvalue weighted by molar-refractivity contribution is 0.477. The van der Waals surface area contributed by atoms with Crippen molar-refractivity contribution in [3.05, 3.63) is 59.5 Å². The number of rotatable bonds is 2. The third-order valence-corrected chi connectivity index (χ3v) is 3.85. The van der Waals surface area contributed by atoms with E-state index in [4.69, 9.17) is 0 Å². The Morgan fingerprint density at radius 2 is 1.84 bits per heavy atom. The predicted molar refractivity (Wildman–Crippen MR) is 79.4 cm³/mol. The topological polar surface area (TPSA) is 33.1 Å². The Morgan fingerprint density at radius 3 is 2.58 bits per heavy atom. The molecule has 0 saturated carbocycles. The first-order chi connectivity index (χ1) is 9.24. The number of benzene rings is 2. The van der Waals surface area contributed by atoms with Gasteiger partial charge in [-0.15, -0.1) is 11.3 Å². The molecule has 0 radical (unpaired) electrons. The van der Waals surface area contributed by atoms with Crippen LogP contribution in [-0.2, 0) is 0 Å². The van der Waals surface area contributed by atoms with Gasteiger partial charge in [0.2, 0.25) is 0 Å². The molecule has 19 heavy (non-hydrogen) atoms. The zero-order valence-corrected chi connectivity index (χ0v) is 11.3. The number of aromatic nitrogens is 1. The van der Waals surface area contributed by atoms with Crippen LogP contribution >= 0.6 is 11.3 Å². The summed E-state index contributed by atoms with van der Waals surface area (Å²) in [5.74, 6) is 0.282. The second-order valence-corrected chi connectivity index (χ2v) is 5.28. The highest BCUT2D eigenvalue weighted by Crippen LogP contribution is 2.33. The largest absolute Gasteiger partial charge is 0.507 e. The molecule has 3 aromatic rings. The van der Waals surface area contributed by atoms with Crippen molar-refractivity contribution in [3.8, 4) is 27.6 Å². The van der Waals surface area contributed by atoms with E-state index in [-0.39, 0.29) is 5.75 Å². The molecule has 0 amide bonds. The van der Waals surface area contributed by atoms with Crippen molar-refractivity contribution in [3.63, 3.8) is 0 Å². The number of thiazole rings is 1. The number of hydrogen-bond acceptors (Lipinski definition) is 3. The molecule has 0 fully saturated rings. The molecule has 2 aromatic carbocycles. The molecule has 1 heterocycles. The van der Waals surface area contributed by atoms with Crippen LogP contribution in [0.15, 0.2) is 53.9 Å². The Morgan fingerprint density at radius 1 is 1.05 bits per heavy atom. The Labute approximate surface area is 116 Å². The number of phenolic OH excluding ortho intramolecular Hbond substituents is 1. The van der Waals surface area contributed by atoms with E-state index in [9.17, 15) is 5.11 Å². The van der Waals surface area contributed by atoms with E-state index < -0.39 is 0 Å². The van der Waals surface area contributed by atoms with E-state index in [1.54, 1.807) is 17.4 Å². The molecule has 0 spiro atoms. The normalized spacial score (nSPS) is 10.6. The van der Waals surface area contributed by atoms with Crippen LogP contribution in [0.5, 0.6) is 5.75 Å². The maximum atomic E-state index is 9.99. The fraction of sp³-hybridized carbons (Fsp3) is 0.0625. The molecule has 0 aliphatic rings. The molecule has 1 N–H and O–H groups in total. The van der Waals surface area contributed by atoms with Crippen molar-refractivity contribution in [2.75, 3.05) is 0 Å². The van der Waals surface area contributed by atoms with E-state index in [0.29, 0.717) is 0 Å². The van der Waals surface area contributed by atoms with Gasteiger partial charge >= 0.3 is 0 Å². The van der Waals surface area contributed by atoms with Crippen LogP contribution in [-0.4, -0.2) is 10.1 Å². The standard InChI is InChI=1S/C16H13NOS/c1-11-7-8-13(15(18)9-11)14-10-19-16(17-14)12-5-3-2-4-6-12/h2-10,18H,1H3. The third kappa shape index (κ3) is 2.37. The lowest BCUT2D eigenvalue weighted by Gasteiger charge is -2.02. The molecule has 0 aliphatic heterocycles. The quantitative estimate of drug-likeness (QED) is 0.742. The van der Waals surface area contributed by atoms with Crippen LogP contribution in [0.3, 0.4) is 0 Å². The number of aromatic hydroxyl groups is 1. The SMILES string of the molecule is Cc1ccc(-c2csc(-c3ccccc3)n2)c(O)c1. The summed E-state index contributed by atoms with van der Waals surface area (Å²) in [5.41, 5.74) is 3.75. The van der Waals surface area contributed by atoms with Gasteiger partial charge < -0.3 is 5.11 Å². The average molecular weight is 267 g/mol. The van der Waals surface area contributed by atoms with E-state index in [1.165, 1.54) is 0 Å². The summed E-state index contributed by atoms with van der Waals surface area (Å²) >= 11 is 1.59. The molecular formula is C16H13NOS. The van der Waals surface area contributed by atoms with Gasteiger partial charge in [-0.25, -0.2) is 4.98 Å². The minimum atomic E-state index is 0.282. The van der Waals surface area contributed by atoms with E-state index in [2.05, 4.69) is 4.98 Å². The molecule has 0 atom stereocenters. The maximum absolute atomic E-state index is 9.99. The van der Waals surface area contributed by atoms with E-state index in [0.717, 1.165) is 27.4 Å². The minimum Gasteiger partial charge on any atom is -0.507 e. The second kappa shape index (κ2) is 4.86. The second-order valence-electron chi connectivity index (χ2n) is 4.42. The van der Waals surface area contributed by atoms with Crippen molar-refractivity contribution in [2.45, 2.75) is 6.92 Å². The predicted octanol–water partition coefficient (Wildman–Crippen LogP) is 4.49. The number of aryl methyl sites for hydroxylation is 1. The summed E-state index contributed by atoms with van der Waals surface area (Å²) < 4.78 is 0. The zero-order valence-electron chi connectivity index (χ0n) is 10.5. The molecule has 0 aliphatic carbocycles. The monoisotopic (exact) mass is 267 g/mol. The molecule has 0 saturated heterocycles. The molecular weight excluding hydrogens is 254 g/mol. The molecule has 94 valence electrons. The smallest absolute Gasteiger partial charge is 0.125 e. The van der Waals surface area contributed by atoms with Crippen molar-refractivity contribution < 1.29 is 5.11 Å². The molecule has 3 rings (SSSR count). The number of hydrogen-bond donors (Lipinski definition) is 1. The van der Waals surface area contributed by atoms with Gasteiger partial charge in [0.15, 0.2) is 0 Å². The third-order valence-electron chi connectivity index (χ3n) is 2.95. The van der Waals surface area contributed by atoms with Gasteiger partial charge in [0, 0.05) is 16.5 Å². The van der Waals surface area contributed by atoms with Crippen LogP contribution in [0, 0.1) is 6.92 Å². The highest BCUT2D eigenvalue weighted by molar-refractivity contribution is 7.13. The van der Waals surface area contributed by atoms with E-state index in [1.807, 2.05) is 54.8 Å². The van der Waals surface area contributed by atoms with Crippen molar-refractivity contribution >= 4 is 11.3 Å². The van der Waals surface area contributed by atoms with Gasteiger partial charge in [0.1, 0.15) is 10.8 Å². The minimum absolute atomic E-state index is 0.282. The molecule has 1 aromatic heterocycles. The summed E-state index contributed by atoms with van der Waals surface area (Å²) in [5, 5.41) is 12.9. The lowest BCUT2D eigenvalue weighted by atomic mass is 10.1. The Bertz CT molecular complexity index is 704. The number of phenols is 1. The summed E-state index contributed by atoms with van der Waals surface area (Å²) in [4.78, 5) is 4.60. The fourth-order valence-electron chi connectivity index (χ4n) is 1.97. The summed E-state index contributed by atoms with van der Waals surface area (Å²) in [7, 11) is 0. The van der Waals surface area contributed by atoms with Crippen LogP contribution in [0.2, 0.25) is 0 Å². The van der Waals surface area contributed by atoms with Crippen molar-refractivity contribution in [1.82, 2.24) is 4.98 Å². The fourth-order valence-corrected chi connectivity index (χ4v) is 2.80. The summed E-state index contributed by atoms with van der Waals surface area (Å²) in [6.45, 7) is 1.96. The van der Waals surface area contributed by atoms with Crippen LogP contribution < -0.4 is 0 Å². The number of nitrogens with zero attached hydrogens (tertiary/aromatic N) is 1. The summed E-state index contributed by atoms with van der Waals surface area (Å²) in [6, 6.07) is 15.7. The summed E-state index contributed by atoms with van der Waals surface area (Å²) in [6.07, 6.45) is 0. The van der Waals surface area contributed by atoms with Gasteiger partial charge in [-0.1, -0.05) is 36.4 Å². The van der Waals surface area contributed by atoms with Gasteiger partial charge in [0.25, 0.3) is 0 Å². The van der Waals surface area contributed by atoms with Gasteiger partial charge in [-0.2, -0.15) is 0 Å². The Hall–Kier alpha value is -2.13. The highest BCUT2D eigenvalue weighted by atomic mass is 32.1. The van der Waals surface area contributed by atoms with Crippen LogP contribution in [0.4, 0.5) is 0 Å². The van der Waals surface area contributed by atoms with Gasteiger partial charge in [-0.3, -0.25) is 0 Å². The van der Waals surface area contributed by atoms with Gasteiger partial charge in [0.05, 0.1) is 5.69 Å². The van der Waals surface area contributed by atoms with Gasteiger partial charge in [-0.05, 0) is 24.6 Å². The van der Waals surface area contributed by atoms with Crippen LogP contribution in [0.25, 0.3) is 21.8 Å². The van der Waals surface area contributed by atoms with Crippen molar-refractivity contribution in [1.29, 1.82) is 0 Å². The first-order valence-electron chi connectivity index (χ1n) is 6.05. The first kappa shape index (κ1) is 11.9. The molecule has 0 bridgehead atoms. The highest BCUT2D eigenvalue weighted by Gasteiger charge is 2.09. The first-order valence-corrected chi connectivity index (χ1v) is 6.93. The maximum Gasteiger partial charge on any atom is 0.125 e. The Balaban J connectivity index is 2.02.